The van der Waals surface area contributed by atoms with Crippen molar-refractivity contribution in [1.82, 2.24) is 4.98 Å². The molecular weight excluding hydrogens is 112 g/mol. The second-order valence-corrected chi connectivity index (χ2v) is 1.25. The Kier molecular flexibility index (Phi) is 4.14. The molecule has 2 nitrogen and oxygen atoms in total. The van der Waals surface area contributed by atoms with Crippen LogP contribution < -0.4 is 5.73 Å². The van der Waals surface area contributed by atoms with Crippen LogP contribution in [0.4, 0.5) is 5.82 Å². The summed E-state index contributed by atoms with van der Waals surface area (Å²) < 4.78 is 0. The first-order chi connectivity index (χ1) is 4.39. The molecule has 2 heteroatoms. The first-order valence-corrected chi connectivity index (χ1v) is 2.56. The highest BCUT2D eigenvalue weighted by molar-refractivity contribution is 5.25. The normalized spacial score (nSPS) is 7.11. The van der Waals surface area contributed by atoms with Crippen LogP contribution in [0.25, 0.3) is 0 Å². The first-order valence-electron chi connectivity index (χ1n) is 2.56. The van der Waals surface area contributed by atoms with Crippen molar-refractivity contribution in [3.8, 4) is 0 Å². The van der Waals surface area contributed by atoms with E-state index in [1.165, 1.54) is 0 Å². The zero-order valence-electron chi connectivity index (χ0n) is 5.25. The van der Waals surface area contributed by atoms with Gasteiger partial charge in [-0.05, 0) is 12.1 Å². The van der Waals surface area contributed by atoms with E-state index < -0.39 is 0 Å². The fourth-order valence-electron chi connectivity index (χ4n) is 0.376. The van der Waals surface area contributed by atoms with Crippen molar-refractivity contribution in [3.05, 3.63) is 37.6 Å². The first kappa shape index (κ1) is 7.69. The Morgan fingerprint density at radius 3 is 2.22 bits per heavy atom. The minimum absolute atomic E-state index is 0.572. The molecule has 9 heavy (non-hydrogen) atoms. The Hall–Kier alpha value is -1.31. The molecule has 0 aliphatic rings. The second kappa shape index (κ2) is 4.84. The predicted molar refractivity (Wildman–Crippen MR) is 39.9 cm³/mol. The van der Waals surface area contributed by atoms with Gasteiger partial charge in [0.25, 0.3) is 0 Å². The molecular formula is C7H10N2. The summed E-state index contributed by atoms with van der Waals surface area (Å²) in [5.41, 5.74) is 5.25. The average Bonchev–Trinajstić information content (AvgIpc) is 1.94. The summed E-state index contributed by atoms with van der Waals surface area (Å²) >= 11 is 0. The van der Waals surface area contributed by atoms with E-state index in [9.17, 15) is 0 Å². The minimum Gasteiger partial charge on any atom is -0.384 e. The summed E-state index contributed by atoms with van der Waals surface area (Å²) in [5, 5.41) is 0. The zero-order chi connectivity index (χ0) is 7.11. The van der Waals surface area contributed by atoms with E-state index in [-0.39, 0.29) is 0 Å². The molecule has 0 fully saturated rings. The molecule has 2 N–H and O–H groups in total. The van der Waals surface area contributed by atoms with E-state index >= 15 is 0 Å². The van der Waals surface area contributed by atoms with E-state index in [0.717, 1.165) is 0 Å². The maximum Gasteiger partial charge on any atom is 0.123 e. The van der Waals surface area contributed by atoms with Crippen LogP contribution >= 0.6 is 0 Å². The van der Waals surface area contributed by atoms with Gasteiger partial charge in [0.1, 0.15) is 5.82 Å². The lowest BCUT2D eigenvalue weighted by atomic mass is 10.5. The molecule has 0 aromatic carbocycles. The monoisotopic (exact) mass is 122 g/mol. The van der Waals surface area contributed by atoms with Crippen LogP contribution in [0, 0.1) is 0 Å². The van der Waals surface area contributed by atoms with E-state index in [4.69, 9.17) is 5.73 Å². The van der Waals surface area contributed by atoms with Crippen LogP contribution in [-0.4, -0.2) is 4.98 Å². The molecule has 0 saturated heterocycles. The van der Waals surface area contributed by atoms with Crippen molar-refractivity contribution in [2.45, 2.75) is 0 Å². The smallest absolute Gasteiger partial charge is 0.123 e. The molecule has 0 bridgehead atoms. The highest BCUT2D eigenvalue weighted by Crippen LogP contribution is 1.89. The Labute approximate surface area is 55.0 Å². The third kappa shape index (κ3) is 3.29. The van der Waals surface area contributed by atoms with Crippen LogP contribution in [0.5, 0.6) is 0 Å². The molecule has 1 aromatic rings. The van der Waals surface area contributed by atoms with Crippen LogP contribution in [0.2, 0.25) is 0 Å². The zero-order valence-corrected chi connectivity index (χ0v) is 5.25. The van der Waals surface area contributed by atoms with Crippen molar-refractivity contribution in [2.24, 2.45) is 0 Å². The third-order valence-corrected chi connectivity index (χ3v) is 0.688. The highest BCUT2D eigenvalue weighted by Gasteiger charge is 1.73. The number of anilines is 1. The fourth-order valence-corrected chi connectivity index (χ4v) is 0.376. The quantitative estimate of drug-likeness (QED) is 0.529. The lowest BCUT2D eigenvalue weighted by Crippen LogP contribution is -1.85. The van der Waals surface area contributed by atoms with E-state index in [0.29, 0.717) is 5.82 Å². The summed E-state index contributed by atoms with van der Waals surface area (Å²) in [6.07, 6.45) is 1.66. The van der Waals surface area contributed by atoms with Gasteiger partial charge in [-0.15, -0.1) is 13.2 Å². The summed E-state index contributed by atoms with van der Waals surface area (Å²) in [4.78, 5) is 3.76. The molecule has 0 aliphatic carbocycles. The molecule has 0 unspecified atom stereocenters. The van der Waals surface area contributed by atoms with Gasteiger partial charge in [0.05, 0.1) is 0 Å². The van der Waals surface area contributed by atoms with E-state index in [1.807, 2.05) is 12.1 Å². The summed E-state index contributed by atoms with van der Waals surface area (Å²) in [7, 11) is 0. The van der Waals surface area contributed by atoms with Gasteiger partial charge in [0, 0.05) is 6.20 Å². The lowest BCUT2D eigenvalue weighted by molar-refractivity contribution is 1.34. The SMILES string of the molecule is C=C.Nc1ccccn1. The summed E-state index contributed by atoms with van der Waals surface area (Å²) in [6, 6.07) is 5.43. The van der Waals surface area contributed by atoms with Crippen LogP contribution in [0.3, 0.4) is 0 Å². The van der Waals surface area contributed by atoms with Crippen LogP contribution in [0.15, 0.2) is 37.6 Å². The fraction of sp³-hybridized carbons (Fsp3) is 0. The predicted octanol–water partition coefficient (Wildman–Crippen LogP) is 1.47. The van der Waals surface area contributed by atoms with Crippen molar-refractivity contribution < 1.29 is 0 Å². The van der Waals surface area contributed by atoms with Crippen molar-refractivity contribution >= 4 is 5.82 Å². The number of hydrogen-bond acceptors (Lipinski definition) is 2. The molecule has 1 heterocycles. The van der Waals surface area contributed by atoms with Crippen LogP contribution in [-0.2, 0) is 0 Å². The molecule has 0 aliphatic heterocycles. The third-order valence-electron chi connectivity index (χ3n) is 0.688. The van der Waals surface area contributed by atoms with Crippen LogP contribution in [0.1, 0.15) is 0 Å². The van der Waals surface area contributed by atoms with E-state index in [1.54, 1.807) is 12.3 Å². The van der Waals surface area contributed by atoms with Gasteiger partial charge >= 0.3 is 0 Å². The van der Waals surface area contributed by atoms with Crippen molar-refractivity contribution in [3.63, 3.8) is 0 Å². The standard InChI is InChI=1S/C5H6N2.C2H4/c6-5-3-1-2-4-7-5;1-2/h1-4H,(H2,6,7);1-2H2. The minimum atomic E-state index is 0.572. The Bertz CT molecular complexity index is 148. The van der Waals surface area contributed by atoms with Gasteiger partial charge in [-0.25, -0.2) is 4.98 Å². The molecule has 0 atom stereocenters. The molecule has 0 amide bonds. The van der Waals surface area contributed by atoms with Gasteiger partial charge in [-0.2, -0.15) is 0 Å². The van der Waals surface area contributed by atoms with Gasteiger partial charge in [-0.1, -0.05) is 6.07 Å². The average molecular weight is 122 g/mol. The molecule has 48 valence electrons. The number of nitrogen functional groups attached to an aromatic ring is 1. The largest absolute Gasteiger partial charge is 0.384 e. The number of aromatic nitrogens is 1. The Morgan fingerprint density at radius 2 is 2.00 bits per heavy atom. The number of nitrogens with zero attached hydrogens (tertiary/aromatic N) is 1. The van der Waals surface area contributed by atoms with Gasteiger partial charge in [0.15, 0.2) is 0 Å². The molecule has 0 radical (unpaired) electrons. The van der Waals surface area contributed by atoms with Crippen molar-refractivity contribution in [1.29, 1.82) is 0 Å². The number of pyridine rings is 1. The second-order valence-electron chi connectivity index (χ2n) is 1.25. The topological polar surface area (TPSA) is 38.9 Å². The highest BCUT2D eigenvalue weighted by atomic mass is 14.8. The van der Waals surface area contributed by atoms with E-state index in [2.05, 4.69) is 18.1 Å². The molecule has 1 rings (SSSR count). The van der Waals surface area contributed by atoms with Gasteiger partial charge in [-0.3, -0.25) is 0 Å². The van der Waals surface area contributed by atoms with Crippen molar-refractivity contribution in [2.75, 3.05) is 5.73 Å². The van der Waals surface area contributed by atoms with Gasteiger partial charge in [0.2, 0.25) is 0 Å². The number of nitrogens with two attached hydrogens (primary N) is 1. The summed E-state index contributed by atoms with van der Waals surface area (Å²) in [5.74, 6) is 0.572. The lowest BCUT2D eigenvalue weighted by Gasteiger charge is -1.82. The Balaban J connectivity index is 0.000000291. The maximum absolute atomic E-state index is 5.25. The summed E-state index contributed by atoms with van der Waals surface area (Å²) in [6.45, 7) is 6.00. The molecule has 0 spiro atoms. The number of rotatable bonds is 0. The molecule has 0 saturated carbocycles. The number of hydrogen-bond donors (Lipinski definition) is 1. The van der Waals surface area contributed by atoms with Gasteiger partial charge < -0.3 is 5.73 Å². The Morgan fingerprint density at radius 1 is 1.33 bits per heavy atom. The maximum atomic E-state index is 5.25. The molecule has 1 aromatic heterocycles.